The molecule has 2 N–H and O–H groups in total. The number of rotatable bonds is 8. The van der Waals surface area contributed by atoms with Crippen LogP contribution in [0.15, 0.2) is 23.2 Å². The molecule has 1 saturated heterocycles. The molecule has 1 aliphatic rings. The van der Waals surface area contributed by atoms with Crippen molar-refractivity contribution in [1.29, 1.82) is 0 Å². The monoisotopic (exact) mass is 395 g/mol. The number of halogens is 1. The first kappa shape index (κ1) is 22.0. The summed E-state index contributed by atoms with van der Waals surface area (Å²) in [5.41, 5.74) is 2.15. The standard InChI is InChI=1S/C20H34FN5S/c1-22-20(23-8-4-10-26-11-5-9-25(2)12-13-26)24-15-17-6-7-19(21)14-18(17)16-27-3/h6-7,14H,4-5,8-13,15-16H2,1-3H3,(H2,22,23,24). The van der Waals surface area contributed by atoms with Gasteiger partial charge >= 0.3 is 0 Å². The van der Waals surface area contributed by atoms with Gasteiger partial charge in [-0.3, -0.25) is 4.99 Å². The van der Waals surface area contributed by atoms with Gasteiger partial charge in [0.2, 0.25) is 0 Å². The van der Waals surface area contributed by atoms with Crippen molar-refractivity contribution >= 4 is 17.7 Å². The minimum atomic E-state index is -0.176. The molecule has 0 bridgehead atoms. The Bertz CT molecular complexity index is 596. The van der Waals surface area contributed by atoms with Gasteiger partial charge in [0.05, 0.1) is 0 Å². The molecule has 1 aromatic carbocycles. The van der Waals surface area contributed by atoms with Crippen molar-refractivity contribution in [2.75, 3.05) is 59.6 Å². The molecule has 0 unspecified atom stereocenters. The largest absolute Gasteiger partial charge is 0.356 e. The Morgan fingerprint density at radius 2 is 2.04 bits per heavy atom. The summed E-state index contributed by atoms with van der Waals surface area (Å²) in [5, 5.41) is 6.73. The van der Waals surface area contributed by atoms with Crippen LogP contribution in [0.25, 0.3) is 0 Å². The molecule has 0 radical (unpaired) electrons. The molecule has 1 heterocycles. The Labute approximate surface area is 167 Å². The summed E-state index contributed by atoms with van der Waals surface area (Å²) < 4.78 is 13.5. The normalized spacial score (nSPS) is 17.0. The lowest BCUT2D eigenvalue weighted by Crippen LogP contribution is -2.39. The third-order valence-corrected chi connectivity index (χ3v) is 5.49. The second-order valence-corrected chi connectivity index (χ2v) is 7.92. The highest BCUT2D eigenvalue weighted by Crippen LogP contribution is 2.16. The van der Waals surface area contributed by atoms with E-state index < -0.39 is 0 Å². The Morgan fingerprint density at radius 1 is 1.19 bits per heavy atom. The molecule has 5 nitrogen and oxygen atoms in total. The number of likely N-dealkylation sites (N-methyl/N-ethyl adjacent to an activating group) is 1. The van der Waals surface area contributed by atoms with E-state index in [0.717, 1.165) is 55.4 Å². The molecule has 0 saturated carbocycles. The molecular weight excluding hydrogens is 361 g/mol. The van der Waals surface area contributed by atoms with Crippen LogP contribution in [-0.2, 0) is 12.3 Å². The predicted molar refractivity (Wildman–Crippen MR) is 115 cm³/mol. The Balaban J connectivity index is 1.71. The number of guanidine groups is 1. The highest BCUT2D eigenvalue weighted by atomic mass is 32.2. The Kier molecular flexibility index (Phi) is 9.94. The molecule has 0 aromatic heterocycles. The van der Waals surface area contributed by atoms with Crippen LogP contribution in [0.3, 0.4) is 0 Å². The zero-order chi connectivity index (χ0) is 19.5. The number of thioether (sulfide) groups is 1. The van der Waals surface area contributed by atoms with Crippen LogP contribution in [-0.4, -0.2) is 75.4 Å². The number of nitrogens with zero attached hydrogens (tertiary/aromatic N) is 3. The minimum Gasteiger partial charge on any atom is -0.356 e. The lowest BCUT2D eigenvalue weighted by molar-refractivity contribution is 0.274. The minimum absolute atomic E-state index is 0.176. The number of hydrogen-bond donors (Lipinski definition) is 2. The maximum atomic E-state index is 13.5. The molecule has 1 aromatic rings. The lowest BCUT2D eigenvalue weighted by Gasteiger charge is -2.20. The van der Waals surface area contributed by atoms with Crippen LogP contribution in [0, 0.1) is 5.82 Å². The molecule has 0 spiro atoms. The summed E-state index contributed by atoms with van der Waals surface area (Å²) in [6, 6.07) is 5.01. The van der Waals surface area contributed by atoms with Gasteiger partial charge in [0, 0.05) is 39.0 Å². The summed E-state index contributed by atoms with van der Waals surface area (Å²) in [6.07, 6.45) is 4.38. The van der Waals surface area contributed by atoms with Crippen molar-refractivity contribution in [3.8, 4) is 0 Å². The molecule has 0 atom stereocenters. The van der Waals surface area contributed by atoms with E-state index >= 15 is 0 Å². The first-order valence-corrected chi connectivity index (χ1v) is 11.1. The van der Waals surface area contributed by atoms with E-state index in [-0.39, 0.29) is 5.82 Å². The summed E-state index contributed by atoms with van der Waals surface area (Å²) >= 11 is 1.70. The van der Waals surface area contributed by atoms with Crippen LogP contribution < -0.4 is 10.6 Å². The Morgan fingerprint density at radius 3 is 2.81 bits per heavy atom. The van der Waals surface area contributed by atoms with Crippen LogP contribution in [0.1, 0.15) is 24.0 Å². The van der Waals surface area contributed by atoms with E-state index in [1.54, 1.807) is 24.9 Å². The van der Waals surface area contributed by atoms with E-state index in [0.29, 0.717) is 6.54 Å². The Hall–Kier alpha value is -1.31. The maximum absolute atomic E-state index is 13.5. The van der Waals surface area contributed by atoms with Gasteiger partial charge < -0.3 is 20.4 Å². The lowest BCUT2D eigenvalue weighted by atomic mass is 10.1. The van der Waals surface area contributed by atoms with Crippen molar-refractivity contribution < 1.29 is 4.39 Å². The molecule has 0 aliphatic carbocycles. The fourth-order valence-electron chi connectivity index (χ4n) is 3.29. The van der Waals surface area contributed by atoms with E-state index in [1.807, 2.05) is 12.3 Å². The van der Waals surface area contributed by atoms with Crippen LogP contribution in [0.5, 0.6) is 0 Å². The van der Waals surface area contributed by atoms with Crippen LogP contribution in [0.4, 0.5) is 4.39 Å². The van der Waals surface area contributed by atoms with E-state index in [4.69, 9.17) is 0 Å². The van der Waals surface area contributed by atoms with Gasteiger partial charge in [0.1, 0.15) is 5.82 Å². The van der Waals surface area contributed by atoms with E-state index in [9.17, 15) is 4.39 Å². The zero-order valence-electron chi connectivity index (χ0n) is 16.9. The van der Waals surface area contributed by atoms with Crippen LogP contribution >= 0.6 is 11.8 Å². The fraction of sp³-hybridized carbons (Fsp3) is 0.650. The van der Waals surface area contributed by atoms with Gasteiger partial charge in [-0.15, -0.1) is 0 Å². The average molecular weight is 396 g/mol. The molecule has 0 amide bonds. The highest BCUT2D eigenvalue weighted by molar-refractivity contribution is 7.97. The number of benzene rings is 1. The van der Waals surface area contributed by atoms with Crippen molar-refractivity contribution in [3.05, 3.63) is 35.1 Å². The third kappa shape index (κ3) is 8.07. The van der Waals surface area contributed by atoms with Crippen molar-refractivity contribution in [2.24, 2.45) is 4.99 Å². The van der Waals surface area contributed by atoms with Gasteiger partial charge in [0.25, 0.3) is 0 Å². The van der Waals surface area contributed by atoms with Crippen molar-refractivity contribution in [2.45, 2.75) is 25.1 Å². The van der Waals surface area contributed by atoms with Gasteiger partial charge in [-0.2, -0.15) is 11.8 Å². The van der Waals surface area contributed by atoms with Crippen LogP contribution in [0.2, 0.25) is 0 Å². The third-order valence-electron chi connectivity index (χ3n) is 4.89. The van der Waals surface area contributed by atoms with Crippen molar-refractivity contribution in [3.63, 3.8) is 0 Å². The van der Waals surface area contributed by atoms with Gasteiger partial charge in [0.15, 0.2) is 5.96 Å². The van der Waals surface area contributed by atoms with E-state index in [1.165, 1.54) is 25.6 Å². The SMILES string of the molecule is CN=C(NCCCN1CCCN(C)CC1)NCc1ccc(F)cc1CSC. The first-order chi connectivity index (χ1) is 13.1. The van der Waals surface area contributed by atoms with Gasteiger partial charge in [-0.05, 0) is 69.0 Å². The van der Waals surface area contributed by atoms with E-state index in [2.05, 4.69) is 32.5 Å². The zero-order valence-corrected chi connectivity index (χ0v) is 17.7. The molecule has 27 heavy (non-hydrogen) atoms. The summed E-state index contributed by atoms with van der Waals surface area (Å²) in [4.78, 5) is 9.26. The second kappa shape index (κ2) is 12.2. The smallest absolute Gasteiger partial charge is 0.191 e. The fourth-order valence-corrected chi connectivity index (χ4v) is 3.87. The first-order valence-electron chi connectivity index (χ1n) is 9.74. The van der Waals surface area contributed by atoms with Gasteiger partial charge in [-0.25, -0.2) is 4.39 Å². The summed E-state index contributed by atoms with van der Waals surface area (Å²) in [5.74, 6) is 1.43. The molecular formula is C20H34FN5S. The quantitative estimate of drug-likeness (QED) is 0.402. The molecule has 1 aliphatic heterocycles. The molecule has 7 heteroatoms. The molecule has 152 valence electrons. The summed E-state index contributed by atoms with van der Waals surface area (Å²) in [6.45, 7) is 7.38. The average Bonchev–Trinajstić information content (AvgIpc) is 2.87. The molecule has 1 fully saturated rings. The number of hydrogen-bond acceptors (Lipinski definition) is 4. The predicted octanol–water partition coefficient (Wildman–Crippen LogP) is 2.38. The summed E-state index contributed by atoms with van der Waals surface area (Å²) in [7, 11) is 3.99. The van der Waals surface area contributed by atoms with Crippen molar-refractivity contribution in [1.82, 2.24) is 20.4 Å². The van der Waals surface area contributed by atoms with Gasteiger partial charge in [-0.1, -0.05) is 6.07 Å². The topological polar surface area (TPSA) is 42.9 Å². The number of aliphatic imine (C=N–C) groups is 1. The molecule has 2 rings (SSSR count). The maximum Gasteiger partial charge on any atom is 0.191 e. The second-order valence-electron chi connectivity index (χ2n) is 7.05. The number of nitrogens with one attached hydrogen (secondary N) is 2. The highest BCUT2D eigenvalue weighted by Gasteiger charge is 2.11.